The van der Waals surface area contributed by atoms with Gasteiger partial charge in [0.1, 0.15) is 0 Å². The molecule has 7 nitrogen and oxygen atoms in total. The number of hydrogen-bond donors (Lipinski definition) is 1. The van der Waals surface area contributed by atoms with Crippen LogP contribution in [0.25, 0.3) is 0 Å². The summed E-state index contributed by atoms with van der Waals surface area (Å²) >= 11 is 1.46. The molecule has 8 heteroatoms. The Morgan fingerprint density at radius 1 is 1.15 bits per heavy atom. The zero-order valence-electron chi connectivity index (χ0n) is 15.0. The van der Waals surface area contributed by atoms with Gasteiger partial charge in [-0.05, 0) is 24.3 Å². The van der Waals surface area contributed by atoms with E-state index in [9.17, 15) is 14.4 Å². The molecular formula is C18H26N4O3S. The van der Waals surface area contributed by atoms with Crippen molar-refractivity contribution in [2.45, 2.75) is 19.3 Å². The smallest absolute Gasteiger partial charge is 0.264 e. The van der Waals surface area contributed by atoms with Crippen molar-refractivity contribution in [3.63, 3.8) is 0 Å². The van der Waals surface area contributed by atoms with E-state index in [-0.39, 0.29) is 17.7 Å². The molecule has 0 atom stereocenters. The van der Waals surface area contributed by atoms with E-state index in [0.29, 0.717) is 45.7 Å². The number of amides is 3. The van der Waals surface area contributed by atoms with Crippen LogP contribution in [-0.4, -0.2) is 84.8 Å². The number of hydrogen-bond acceptors (Lipinski definition) is 5. The molecule has 3 amide bonds. The molecule has 2 fully saturated rings. The molecule has 0 radical (unpaired) electrons. The van der Waals surface area contributed by atoms with E-state index in [2.05, 4.69) is 10.2 Å². The first-order valence-electron chi connectivity index (χ1n) is 9.23. The molecule has 0 unspecified atom stereocenters. The van der Waals surface area contributed by atoms with Gasteiger partial charge in [-0.1, -0.05) is 6.07 Å². The van der Waals surface area contributed by atoms with Gasteiger partial charge in [-0.15, -0.1) is 11.3 Å². The number of nitrogens with zero attached hydrogens (tertiary/aromatic N) is 3. The van der Waals surface area contributed by atoms with Crippen molar-refractivity contribution in [2.24, 2.45) is 0 Å². The minimum Gasteiger partial charge on any atom is -0.355 e. The van der Waals surface area contributed by atoms with Crippen molar-refractivity contribution < 1.29 is 14.4 Å². The lowest BCUT2D eigenvalue weighted by Gasteiger charge is -2.34. The van der Waals surface area contributed by atoms with Gasteiger partial charge in [0.2, 0.25) is 11.8 Å². The largest absolute Gasteiger partial charge is 0.355 e. The van der Waals surface area contributed by atoms with Crippen molar-refractivity contribution >= 4 is 29.1 Å². The van der Waals surface area contributed by atoms with Crippen LogP contribution in [0.2, 0.25) is 0 Å². The van der Waals surface area contributed by atoms with Crippen LogP contribution in [0.3, 0.4) is 0 Å². The number of carbonyl (C=O) groups excluding carboxylic acids is 3. The third-order valence-corrected chi connectivity index (χ3v) is 5.71. The third-order valence-electron chi connectivity index (χ3n) is 4.86. The zero-order chi connectivity index (χ0) is 18.4. The monoisotopic (exact) mass is 378 g/mol. The van der Waals surface area contributed by atoms with Crippen LogP contribution in [-0.2, 0) is 9.59 Å². The van der Waals surface area contributed by atoms with Crippen molar-refractivity contribution in [1.82, 2.24) is 20.0 Å². The van der Waals surface area contributed by atoms with E-state index >= 15 is 0 Å². The van der Waals surface area contributed by atoms with Gasteiger partial charge in [0.15, 0.2) is 0 Å². The summed E-state index contributed by atoms with van der Waals surface area (Å²) in [7, 11) is 0. The molecule has 3 rings (SSSR count). The summed E-state index contributed by atoms with van der Waals surface area (Å²) in [6.07, 6.45) is 2.40. The average Bonchev–Trinajstić information content (AvgIpc) is 3.31. The van der Waals surface area contributed by atoms with E-state index in [0.717, 1.165) is 30.8 Å². The molecule has 2 saturated heterocycles. The molecule has 1 aromatic rings. The first kappa shape index (κ1) is 18.8. The molecule has 3 heterocycles. The quantitative estimate of drug-likeness (QED) is 0.707. The number of likely N-dealkylation sites (tertiary alicyclic amines) is 1. The second-order valence-electron chi connectivity index (χ2n) is 6.73. The van der Waals surface area contributed by atoms with Crippen LogP contribution >= 0.6 is 11.3 Å². The Morgan fingerprint density at radius 2 is 1.96 bits per heavy atom. The summed E-state index contributed by atoms with van der Waals surface area (Å²) in [5.41, 5.74) is 0. The predicted molar refractivity (Wildman–Crippen MR) is 100 cm³/mol. The Morgan fingerprint density at radius 3 is 2.62 bits per heavy atom. The Hall–Kier alpha value is -1.93. The number of piperazine rings is 1. The molecule has 0 bridgehead atoms. The second kappa shape index (κ2) is 9.14. The lowest BCUT2D eigenvalue weighted by molar-refractivity contribution is -0.127. The summed E-state index contributed by atoms with van der Waals surface area (Å²) in [6, 6.07) is 3.74. The van der Waals surface area contributed by atoms with Crippen LogP contribution in [0.15, 0.2) is 17.5 Å². The number of carbonyl (C=O) groups is 3. The standard InChI is InChI=1S/C18H26N4O3S/c23-16(19-6-3-8-21-7-1-5-17(21)24)14-20-9-11-22(12-10-20)18(25)15-4-2-13-26-15/h2,4,13H,1,3,5-12,14H2,(H,19,23). The molecule has 26 heavy (non-hydrogen) atoms. The van der Waals surface area contributed by atoms with Crippen LogP contribution in [0.5, 0.6) is 0 Å². The van der Waals surface area contributed by atoms with E-state index in [1.165, 1.54) is 11.3 Å². The SMILES string of the molecule is O=C(CN1CCN(C(=O)c2cccs2)CC1)NCCCN1CCCC1=O. The van der Waals surface area contributed by atoms with Gasteiger partial charge in [-0.2, -0.15) is 0 Å². The Balaban J connectivity index is 1.29. The average molecular weight is 378 g/mol. The lowest BCUT2D eigenvalue weighted by Crippen LogP contribution is -2.51. The summed E-state index contributed by atoms with van der Waals surface area (Å²) in [4.78, 5) is 42.5. The normalized spacial score (nSPS) is 18.4. The first-order chi connectivity index (χ1) is 12.6. The maximum Gasteiger partial charge on any atom is 0.264 e. The molecule has 2 aliphatic rings. The molecule has 0 aromatic carbocycles. The summed E-state index contributed by atoms with van der Waals surface area (Å²) in [5, 5.41) is 4.84. The number of nitrogens with one attached hydrogen (secondary N) is 1. The fraction of sp³-hybridized carbons (Fsp3) is 0.611. The van der Waals surface area contributed by atoms with Crippen LogP contribution in [0.4, 0.5) is 0 Å². The van der Waals surface area contributed by atoms with E-state index in [1.807, 2.05) is 27.3 Å². The predicted octanol–water partition coefficient (Wildman–Crippen LogP) is 0.635. The topological polar surface area (TPSA) is 73.0 Å². The van der Waals surface area contributed by atoms with Crippen LogP contribution in [0, 0.1) is 0 Å². The first-order valence-corrected chi connectivity index (χ1v) is 10.1. The molecule has 0 saturated carbocycles. The van der Waals surface area contributed by atoms with Gasteiger partial charge in [-0.3, -0.25) is 19.3 Å². The molecular weight excluding hydrogens is 352 g/mol. The summed E-state index contributed by atoms with van der Waals surface area (Å²) in [5.74, 6) is 0.322. The minimum atomic E-state index is 0.00998. The van der Waals surface area contributed by atoms with Crippen LogP contribution < -0.4 is 5.32 Å². The van der Waals surface area contributed by atoms with Crippen molar-refractivity contribution in [3.05, 3.63) is 22.4 Å². The molecule has 1 aromatic heterocycles. The molecule has 142 valence electrons. The highest BCUT2D eigenvalue weighted by molar-refractivity contribution is 7.12. The fourth-order valence-corrected chi connectivity index (χ4v) is 4.05. The highest BCUT2D eigenvalue weighted by Crippen LogP contribution is 2.13. The lowest BCUT2D eigenvalue weighted by atomic mass is 10.3. The molecule has 2 aliphatic heterocycles. The second-order valence-corrected chi connectivity index (χ2v) is 7.68. The number of thiophene rings is 1. The fourth-order valence-electron chi connectivity index (χ4n) is 3.36. The molecule has 0 aliphatic carbocycles. The van der Waals surface area contributed by atoms with Crippen molar-refractivity contribution in [2.75, 3.05) is 52.4 Å². The maximum absolute atomic E-state index is 12.3. The van der Waals surface area contributed by atoms with Crippen molar-refractivity contribution in [3.8, 4) is 0 Å². The molecule has 1 N–H and O–H groups in total. The summed E-state index contributed by atoms with van der Waals surface area (Å²) < 4.78 is 0. The van der Waals surface area contributed by atoms with Gasteiger partial charge in [0.05, 0.1) is 11.4 Å². The van der Waals surface area contributed by atoms with Gasteiger partial charge in [0.25, 0.3) is 5.91 Å². The minimum absolute atomic E-state index is 0.00998. The van der Waals surface area contributed by atoms with Crippen molar-refractivity contribution in [1.29, 1.82) is 0 Å². The number of rotatable bonds is 7. The van der Waals surface area contributed by atoms with Gasteiger partial charge in [-0.25, -0.2) is 0 Å². The van der Waals surface area contributed by atoms with Gasteiger partial charge in [0, 0.05) is 52.2 Å². The Bertz CT molecular complexity index is 626. The third kappa shape index (κ3) is 5.04. The van der Waals surface area contributed by atoms with E-state index < -0.39 is 0 Å². The van der Waals surface area contributed by atoms with E-state index in [1.54, 1.807) is 0 Å². The highest BCUT2D eigenvalue weighted by atomic mass is 32.1. The van der Waals surface area contributed by atoms with Crippen LogP contribution in [0.1, 0.15) is 28.9 Å². The maximum atomic E-state index is 12.3. The highest BCUT2D eigenvalue weighted by Gasteiger charge is 2.24. The Kier molecular flexibility index (Phi) is 6.62. The summed E-state index contributed by atoms with van der Waals surface area (Å²) in [6.45, 7) is 5.27. The molecule has 0 spiro atoms. The van der Waals surface area contributed by atoms with Gasteiger partial charge >= 0.3 is 0 Å². The van der Waals surface area contributed by atoms with Gasteiger partial charge < -0.3 is 15.1 Å². The zero-order valence-corrected chi connectivity index (χ0v) is 15.8. The van der Waals surface area contributed by atoms with E-state index in [4.69, 9.17) is 0 Å². The Labute approximate surface area is 157 Å².